The van der Waals surface area contributed by atoms with Gasteiger partial charge in [-0.3, -0.25) is 0 Å². The van der Waals surface area contributed by atoms with Gasteiger partial charge in [-0.15, -0.1) is 12.3 Å². The van der Waals surface area contributed by atoms with Crippen molar-refractivity contribution in [1.82, 2.24) is 10.2 Å². The van der Waals surface area contributed by atoms with Crippen LogP contribution in [0, 0.1) is 12.3 Å². The molecule has 1 aromatic carbocycles. The van der Waals surface area contributed by atoms with Crippen LogP contribution in [0.2, 0.25) is 0 Å². The molecular weight excluding hydrogens is 264 g/mol. The lowest BCUT2D eigenvalue weighted by atomic mass is 10.0. The number of benzene rings is 1. The number of rotatable bonds is 3. The molecule has 1 heterocycles. The molecule has 0 radical (unpaired) electrons. The normalized spacial score (nSPS) is 23.2. The van der Waals surface area contributed by atoms with Gasteiger partial charge in [0.2, 0.25) is 0 Å². The summed E-state index contributed by atoms with van der Waals surface area (Å²) >= 11 is 0. The predicted molar refractivity (Wildman–Crippen MR) is 82.7 cm³/mol. The van der Waals surface area contributed by atoms with Crippen molar-refractivity contribution in [2.24, 2.45) is 0 Å². The zero-order chi connectivity index (χ0) is 15.2. The average Bonchev–Trinajstić information content (AvgIpc) is 2.50. The summed E-state index contributed by atoms with van der Waals surface area (Å²) in [5.74, 6) is 2.64. The van der Waals surface area contributed by atoms with E-state index in [2.05, 4.69) is 11.2 Å². The van der Waals surface area contributed by atoms with Crippen LogP contribution in [0.5, 0.6) is 0 Å². The fraction of sp³-hybridized carbons (Fsp3) is 0.471. The second kappa shape index (κ2) is 7.14. The summed E-state index contributed by atoms with van der Waals surface area (Å²) in [5.41, 5.74) is 1.03. The third-order valence-electron chi connectivity index (χ3n) is 3.69. The first-order valence-electron chi connectivity index (χ1n) is 7.29. The van der Waals surface area contributed by atoms with Gasteiger partial charge in [0.1, 0.15) is 0 Å². The quantitative estimate of drug-likeness (QED) is 0.868. The van der Waals surface area contributed by atoms with Crippen molar-refractivity contribution in [2.45, 2.75) is 38.5 Å². The van der Waals surface area contributed by atoms with E-state index in [1.165, 1.54) is 0 Å². The SMILES string of the molecule is C#CC[C@H](NC(=O)N1C[C@@H](C)OC[C@H]1C)c1ccccc1. The van der Waals surface area contributed by atoms with E-state index in [0.717, 1.165) is 5.56 Å². The van der Waals surface area contributed by atoms with E-state index in [9.17, 15) is 4.79 Å². The molecule has 0 spiro atoms. The molecule has 1 fully saturated rings. The van der Waals surface area contributed by atoms with E-state index in [1.54, 1.807) is 0 Å². The van der Waals surface area contributed by atoms with Crippen LogP contribution in [0.1, 0.15) is 31.9 Å². The molecule has 2 rings (SSSR count). The largest absolute Gasteiger partial charge is 0.375 e. The molecule has 3 atom stereocenters. The number of morpholine rings is 1. The van der Waals surface area contributed by atoms with Gasteiger partial charge in [0.25, 0.3) is 0 Å². The molecule has 0 aromatic heterocycles. The van der Waals surface area contributed by atoms with Crippen LogP contribution in [0.25, 0.3) is 0 Å². The first-order chi connectivity index (χ1) is 10.1. The van der Waals surface area contributed by atoms with Gasteiger partial charge in [0, 0.05) is 13.0 Å². The maximum atomic E-state index is 12.5. The smallest absolute Gasteiger partial charge is 0.318 e. The van der Waals surface area contributed by atoms with Gasteiger partial charge in [-0.25, -0.2) is 4.79 Å². The molecule has 0 saturated carbocycles. The van der Waals surface area contributed by atoms with Crippen LogP contribution < -0.4 is 5.32 Å². The van der Waals surface area contributed by atoms with Crippen molar-refractivity contribution < 1.29 is 9.53 Å². The van der Waals surface area contributed by atoms with Crippen LogP contribution in [0.15, 0.2) is 30.3 Å². The second-order valence-electron chi connectivity index (χ2n) is 5.47. The van der Waals surface area contributed by atoms with Crippen molar-refractivity contribution in [3.8, 4) is 12.3 Å². The van der Waals surface area contributed by atoms with E-state index >= 15 is 0 Å². The number of hydrogen-bond acceptors (Lipinski definition) is 2. The van der Waals surface area contributed by atoms with Gasteiger partial charge in [-0.1, -0.05) is 30.3 Å². The Bertz CT molecular complexity index is 509. The molecule has 4 nitrogen and oxygen atoms in total. The van der Waals surface area contributed by atoms with E-state index < -0.39 is 0 Å². The number of carbonyl (C=O) groups excluding carboxylic acids is 1. The van der Waals surface area contributed by atoms with Gasteiger partial charge in [0.15, 0.2) is 0 Å². The number of hydrogen-bond donors (Lipinski definition) is 1. The number of terminal acetylenes is 1. The van der Waals surface area contributed by atoms with Gasteiger partial charge in [0.05, 0.1) is 24.8 Å². The van der Waals surface area contributed by atoms with E-state index in [4.69, 9.17) is 11.2 Å². The van der Waals surface area contributed by atoms with Gasteiger partial charge in [-0.05, 0) is 19.4 Å². The number of nitrogens with zero attached hydrogens (tertiary/aromatic N) is 1. The third kappa shape index (κ3) is 3.99. The summed E-state index contributed by atoms with van der Waals surface area (Å²) in [5, 5.41) is 3.04. The minimum atomic E-state index is -0.158. The molecule has 4 heteroatoms. The number of nitrogens with one attached hydrogen (secondary N) is 1. The summed E-state index contributed by atoms with van der Waals surface area (Å²) in [7, 11) is 0. The lowest BCUT2D eigenvalue weighted by Crippen LogP contribution is -2.54. The highest BCUT2D eigenvalue weighted by Crippen LogP contribution is 2.18. The molecule has 2 amide bonds. The van der Waals surface area contributed by atoms with Crippen molar-refractivity contribution in [2.75, 3.05) is 13.2 Å². The van der Waals surface area contributed by atoms with Crippen molar-refractivity contribution in [3.05, 3.63) is 35.9 Å². The minimum absolute atomic E-state index is 0.0646. The summed E-state index contributed by atoms with van der Waals surface area (Å²) in [6.07, 6.45) is 5.98. The maximum absolute atomic E-state index is 12.5. The van der Waals surface area contributed by atoms with Crippen molar-refractivity contribution >= 4 is 6.03 Å². The Kier molecular flexibility index (Phi) is 5.24. The van der Waals surface area contributed by atoms with E-state index in [-0.39, 0.29) is 24.2 Å². The highest BCUT2D eigenvalue weighted by atomic mass is 16.5. The Morgan fingerprint density at radius 3 is 2.86 bits per heavy atom. The third-order valence-corrected chi connectivity index (χ3v) is 3.69. The zero-order valence-corrected chi connectivity index (χ0v) is 12.6. The number of urea groups is 1. The van der Waals surface area contributed by atoms with Crippen molar-refractivity contribution in [1.29, 1.82) is 0 Å². The first kappa shape index (κ1) is 15.4. The summed E-state index contributed by atoms with van der Waals surface area (Å²) in [6.45, 7) is 5.14. The first-order valence-corrected chi connectivity index (χ1v) is 7.29. The van der Waals surface area contributed by atoms with Crippen LogP contribution >= 0.6 is 0 Å². The zero-order valence-electron chi connectivity index (χ0n) is 12.6. The Morgan fingerprint density at radius 2 is 2.19 bits per heavy atom. The lowest BCUT2D eigenvalue weighted by molar-refractivity contribution is -0.0321. The summed E-state index contributed by atoms with van der Waals surface area (Å²) in [4.78, 5) is 14.3. The molecule has 1 aliphatic heterocycles. The number of ether oxygens (including phenoxy) is 1. The van der Waals surface area contributed by atoms with Crippen LogP contribution in [0.4, 0.5) is 4.79 Å². The average molecular weight is 286 g/mol. The minimum Gasteiger partial charge on any atom is -0.375 e. The maximum Gasteiger partial charge on any atom is 0.318 e. The standard InChI is InChI=1S/C17H22N2O2/c1-4-8-16(15-9-6-5-7-10-15)18-17(20)19-11-14(3)21-12-13(19)2/h1,5-7,9-10,13-14,16H,8,11-12H2,2-3H3,(H,18,20)/t13-,14-,16+/m1/s1. The Labute approximate surface area is 126 Å². The van der Waals surface area contributed by atoms with E-state index in [1.807, 2.05) is 49.1 Å². The molecule has 0 aliphatic carbocycles. The highest BCUT2D eigenvalue weighted by molar-refractivity contribution is 5.75. The van der Waals surface area contributed by atoms with Crippen LogP contribution in [-0.2, 0) is 4.74 Å². The molecular formula is C17H22N2O2. The Morgan fingerprint density at radius 1 is 1.48 bits per heavy atom. The molecule has 1 aliphatic rings. The summed E-state index contributed by atoms with van der Waals surface area (Å²) in [6, 6.07) is 9.64. The van der Waals surface area contributed by atoms with Crippen LogP contribution in [0.3, 0.4) is 0 Å². The fourth-order valence-electron chi connectivity index (χ4n) is 2.47. The monoisotopic (exact) mass is 286 g/mol. The predicted octanol–water partition coefficient (Wildman–Crippen LogP) is 2.57. The Hall–Kier alpha value is -1.99. The second-order valence-corrected chi connectivity index (χ2v) is 5.47. The number of amides is 2. The van der Waals surface area contributed by atoms with Crippen molar-refractivity contribution in [3.63, 3.8) is 0 Å². The van der Waals surface area contributed by atoms with E-state index in [0.29, 0.717) is 19.6 Å². The molecule has 0 unspecified atom stereocenters. The molecule has 1 aromatic rings. The fourth-order valence-corrected chi connectivity index (χ4v) is 2.47. The van der Waals surface area contributed by atoms with Gasteiger partial charge in [-0.2, -0.15) is 0 Å². The highest BCUT2D eigenvalue weighted by Gasteiger charge is 2.28. The lowest BCUT2D eigenvalue weighted by Gasteiger charge is -2.37. The topological polar surface area (TPSA) is 41.6 Å². The Balaban J connectivity index is 2.06. The molecule has 1 saturated heterocycles. The molecule has 0 bridgehead atoms. The number of carbonyl (C=O) groups is 1. The van der Waals surface area contributed by atoms with Gasteiger partial charge >= 0.3 is 6.03 Å². The molecule has 21 heavy (non-hydrogen) atoms. The van der Waals surface area contributed by atoms with Crippen LogP contribution in [-0.4, -0.2) is 36.2 Å². The summed E-state index contributed by atoms with van der Waals surface area (Å²) < 4.78 is 5.55. The van der Waals surface area contributed by atoms with Gasteiger partial charge < -0.3 is 15.0 Å². The molecule has 1 N–H and O–H groups in total. The molecule has 112 valence electrons.